The molecule has 15 heteroatoms. The summed E-state index contributed by atoms with van der Waals surface area (Å²) in [6.07, 6.45) is 1.42. The number of nitrogens with zero attached hydrogens (tertiary/aromatic N) is 5. The van der Waals surface area contributed by atoms with Gasteiger partial charge in [-0.1, -0.05) is 88.4 Å². The lowest BCUT2D eigenvalue weighted by Gasteiger charge is -2.19. The van der Waals surface area contributed by atoms with Gasteiger partial charge in [0.2, 0.25) is 27.9 Å². The molecule has 14 nitrogen and oxygen atoms in total. The number of hydrogen-bond donors (Lipinski definition) is 5. The summed E-state index contributed by atoms with van der Waals surface area (Å²) < 4.78 is 24.8. The number of carbonyl (C=O) groups is 2. The van der Waals surface area contributed by atoms with Crippen molar-refractivity contribution >= 4 is 50.8 Å². The lowest BCUT2D eigenvalue weighted by atomic mass is 10.0. The molecule has 1 aliphatic carbocycles. The topological polar surface area (TPSA) is 174 Å². The number of hydrogen-bond acceptors (Lipinski definition) is 12. The highest BCUT2D eigenvalue weighted by atomic mass is 32.2. The van der Waals surface area contributed by atoms with E-state index in [1.54, 1.807) is 0 Å². The lowest BCUT2D eigenvalue weighted by Crippen LogP contribution is -2.30. The quantitative estimate of drug-likeness (QED) is 0.114. The summed E-state index contributed by atoms with van der Waals surface area (Å²) >= 11 is 0. The Hall–Kier alpha value is -4.70. The minimum Gasteiger partial charge on any atom is -0.353 e. The second-order valence-electron chi connectivity index (χ2n) is 12.2. The third-order valence-corrected chi connectivity index (χ3v) is 9.42. The first-order valence-electron chi connectivity index (χ1n) is 17.9. The molecular formula is C37H52N10O4S. The Labute approximate surface area is 307 Å². The van der Waals surface area contributed by atoms with Crippen molar-refractivity contribution in [3.63, 3.8) is 0 Å². The maximum Gasteiger partial charge on any atom is 0.256 e. The highest BCUT2D eigenvalue weighted by molar-refractivity contribution is 7.88. The fraction of sp³-hybridized carbons (Fsp3) is 0.432. The molecule has 1 aliphatic heterocycles. The molecule has 3 aromatic rings. The smallest absolute Gasteiger partial charge is 0.256 e. The second-order valence-corrected chi connectivity index (χ2v) is 14.0. The van der Waals surface area contributed by atoms with Gasteiger partial charge in [0.15, 0.2) is 5.78 Å². The number of carbonyl (C=O) groups excluding carboxylic acids is 2. The van der Waals surface area contributed by atoms with Gasteiger partial charge in [-0.05, 0) is 42.9 Å². The van der Waals surface area contributed by atoms with E-state index < -0.39 is 10.0 Å². The number of aromatic nitrogens is 3. The van der Waals surface area contributed by atoms with Crippen molar-refractivity contribution < 1.29 is 18.0 Å². The first-order chi connectivity index (χ1) is 25.1. The molecular weight excluding hydrogens is 681 g/mol. The van der Waals surface area contributed by atoms with Crippen LogP contribution in [0.4, 0.5) is 17.8 Å². The van der Waals surface area contributed by atoms with Gasteiger partial charge in [-0.2, -0.15) is 15.0 Å². The van der Waals surface area contributed by atoms with Crippen molar-refractivity contribution in [2.45, 2.75) is 34.1 Å². The van der Waals surface area contributed by atoms with Crippen molar-refractivity contribution in [2.24, 2.45) is 0 Å². The molecule has 0 spiro atoms. The van der Waals surface area contributed by atoms with Gasteiger partial charge in [-0.3, -0.25) is 9.59 Å². The number of allylic oxidation sites excluding steroid dienone is 1. The Morgan fingerprint density at radius 3 is 1.58 bits per heavy atom. The second kappa shape index (κ2) is 19.8. The minimum atomic E-state index is -3.22. The summed E-state index contributed by atoms with van der Waals surface area (Å²) in [4.78, 5) is 42.8. The third kappa shape index (κ3) is 11.7. The first kappa shape index (κ1) is 40.1. The van der Waals surface area contributed by atoms with Crippen LogP contribution in [0.1, 0.15) is 45.2 Å². The third-order valence-electron chi connectivity index (χ3n) is 8.69. The summed E-state index contributed by atoms with van der Waals surface area (Å²) in [7, 11) is -3.22. The Morgan fingerprint density at radius 1 is 0.654 bits per heavy atom. The van der Waals surface area contributed by atoms with Crippen LogP contribution >= 0.6 is 0 Å². The van der Waals surface area contributed by atoms with E-state index in [1.807, 2.05) is 60.7 Å². The van der Waals surface area contributed by atoms with E-state index in [-0.39, 0.29) is 18.2 Å². The van der Waals surface area contributed by atoms with Crippen LogP contribution in [0.5, 0.6) is 0 Å². The van der Waals surface area contributed by atoms with Gasteiger partial charge in [0, 0.05) is 45.7 Å². The van der Waals surface area contributed by atoms with E-state index in [0.717, 1.165) is 75.3 Å². The molecule has 2 aliphatic rings. The monoisotopic (exact) mass is 732 g/mol. The Morgan fingerprint density at radius 2 is 1.12 bits per heavy atom. The molecule has 1 aromatic heterocycles. The molecule has 0 saturated heterocycles. The summed E-state index contributed by atoms with van der Waals surface area (Å²) in [5.74, 6) is 1.20. The van der Waals surface area contributed by atoms with Gasteiger partial charge >= 0.3 is 0 Å². The van der Waals surface area contributed by atoms with Crippen LogP contribution in [-0.2, 0) is 19.6 Å². The SMILES string of the molecule is CCN(CC)CCNc1nc(NCCNS(C)(=O)=O)nc(NCCN(CC)CC)n1.O=C1CC(c2ccccc2)=C2C(=O)NC(c3ccccc3)=C12. The number of rotatable bonds is 19. The molecule has 1 amide bonds. The normalized spacial score (nSPS) is 14.1. The predicted molar refractivity (Wildman–Crippen MR) is 208 cm³/mol. The summed E-state index contributed by atoms with van der Waals surface area (Å²) in [6.45, 7) is 16.4. The maximum absolute atomic E-state index is 12.5. The van der Waals surface area contributed by atoms with Gasteiger partial charge < -0.3 is 31.1 Å². The van der Waals surface area contributed by atoms with E-state index >= 15 is 0 Å². The van der Waals surface area contributed by atoms with Crippen molar-refractivity contribution in [2.75, 3.05) is 87.7 Å². The summed E-state index contributed by atoms with van der Waals surface area (Å²) in [5.41, 5.74) is 4.33. The Balaban J connectivity index is 0.000000242. The van der Waals surface area contributed by atoms with E-state index in [0.29, 0.717) is 47.7 Å². The van der Waals surface area contributed by atoms with E-state index in [4.69, 9.17) is 0 Å². The fourth-order valence-electron chi connectivity index (χ4n) is 5.84. The zero-order valence-corrected chi connectivity index (χ0v) is 31.6. The van der Waals surface area contributed by atoms with Gasteiger partial charge in [0.05, 0.1) is 23.1 Å². The van der Waals surface area contributed by atoms with Gasteiger partial charge in [0.25, 0.3) is 5.91 Å². The van der Waals surface area contributed by atoms with Crippen LogP contribution in [0.3, 0.4) is 0 Å². The van der Waals surface area contributed by atoms with Crippen LogP contribution in [0, 0.1) is 0 Å². The summed E-state index contributed by atoms with van der Waals surface area (Å²) in [6, 6.07) is 19.1. The number of benzene rings is 2. The number of anilines is 3. The van der Waals surface area contributed by atoms with Crippen molar-refractivity contribution in [3.8, 4) is 0 Å². The largest absolute Gasteiger partial charge is 0.353 e. The van der Waals surface area contributed by atoms with Crippen LogP contribution in [0.2, 0.25) is 0 Å². The average molecular weight is 733 g/mol. The Kier molecular flexibility index (Phi) is 15.2. The number of likely N-dealkylation sites (N-methyl/N-ethyl adjacent to an activating group) is 2. The highest BCUT2D eigenvalue weighted by Gasteiger charge is 2.40. The molecule has 0 unspecified atom stereocenters. The number of ketones is 1. The van der Waals surface area contributed by atoms with Crippen LogP contribution in [0.15, 0.2) is 71.8 Å². The van der Waals surface area contributed by atoms with Crippen LogP contribution < -0.4 is 26.0 Å². The molecule has 2 aromatic carbocycles. The molecule has 0 fully saturated rings. The van der Waals surface area contributed by atoms with E-state index in [2.05, 4.69) is 78.4 Å². The molecule has 52 heavy (non-hydrogen) atoms. The molecule has 0 atom stereocenters. The maximum atomic E-state index is 12.5. The number of fused-ring (bicyclic) bond motifs is 1. The molecule has 0 radical (unpaired) electrons. The van der Waals surface area contributed by atoms with E-state index in [9.17, 15) is 18.0 Å². The van der Waals surface area contributed by atoms with E-state index in [1.165, 1.54) is 0 Å². The van der Waals surface area contributed by atoms with Crippen molar-refractivity contribution in [3.05, 3.63) is 82.9 Å². The average Bonchev–Trinajstić information content (AvgIpc) is 3.68. The lowest BCUT2D eigenvalue weighted by molar-refractivity contribution is -0.116. The molecule has 0 bridgehead atoms. The molecule has 5 N–H and O–H groups in total. The van der Waals surface area contributed by atoms with Gasteiger partial charge in [-0.25, -0.2) is 13.1 Å². The molecule has 2 heterocycles. The van der Waals surface area contributed by atoms with Gasteiger partial charge in [0.1, 0.15) is 0 Å². The van der Waals surface area contributed by atoms with Crippen LogP contribution in [-0.4, -0.2) is 117 Å². The Bertz CT molecular complexity index is 1700. The number of sulfonamides is 1. The fourth-order valence-corrected chi connectivity index (χ4v) is 6.32. The predicted octanol–water partition coefficient (Wildman–Crippen LogP) is 3.29. The minimum absolute atomic E-state index is 0.00561. The van der Waals surface area contributed by atoms with Crippen molar-refractivity contribution in [1.29, 1.82) is 0 Å². The number of amides is 1. The molecule has 0 saturated carbocycles. The number of nitrogens with one attached hydrogen (secondary N) is 5. The van der Waals surface area contributed by atoms with Crippen LogP contribution in [0.25, 0.3) is 11.3 Å². The standard InChI is InChI=1S/C19H13NO2.C18H39N9O2S/c21-15-11-14(12-7-3-1-4-8-12)16-17(15)18(20-19(16)22)13-9-5-2-6-10-13;1-6-26(7-2)14-12-20-17-23-16(19-10-11-22-30(5,28)29)24-18(25-17)21-13-15-27(8-3)9-4/h1-10H,11H2,(H,20,22);22H,6-15H2,1-5H3,(H3,19,20,21,23,24,25). The van der Waals surface area contributed by atoms with Gasteiger partial charge in [-0.15, -0.1) is 0 Å². The molecule has 280 valence electrons. The zero-order chi connectivity index (χ0) is 37.5. The highest BCUT2D eigenvalue weighted by Crippen LogP contribution is 2.42. The van der Waals surface area contributed by atoms with Crippen molar-refractivity contribution in [1.82, 2.24) is 34.8 Å². The summed E-state index contributed by atoms with van der Waals surface area (Å²) in [5, 5.41) is 12.4. The number of Topliss-reactive ketones (excluding diaryl/α,β-unsaturated/α-hetero) is 1. The first-order valence-corrected chi connectivity index (χ1v) is 19.8. The molecule has 5 rings (SSSR count). The zero-order valence-electron chi connectivity index (χ0n) is 30.8.